The highest BCUT2D eigenvalue weighted by atomic mass is 32.1. The Morgan fingerprint density at radius 3 is 2.12 bits per heavy atom. The number of thiophene rings is 1. The second-order valence-corrected chi connectivity index (χ2v) is 7.14. The van der Waals surface area contributed by atoms with Gasteiger partial charge in [0.2, 0.25) is 0 Å². The summed E-state index contributed by atoms with van der Waals surface area (Å²) >= 11 is 1.70. The highest BCUT2D eigenvalue weighted by molar-refractivity contribution is 7.18. The van der Waals surface area contributed by atoms with Gasteiger partial charge in [0.25, 0.3) is 0 Å². The summed E-state index contributed by atoms with van der Waals surface area (Å²) in [4.78, 5) is 5.71. The summed E-state index contributed by atoms with van der Waals surface area (Å²) in [6, 6.07) is 19.7. The highest BCUT2D eigenvalue weighted by Crippen LogP contribution is 2.35. The Morgan fingerprint density at radius 2 is 1.42 bits per heavy atom. The predicted octanol–water partition coefficient (Wildman–Crippen LogP) is 4.13. The van der Waals surface area contributed by atoms with E-state index in [0.29, 0.717) is 0 Å². The Morgan fingerprint density at radius 1 is 0.769 bits per heavy atom. The lowest BCUT2D eigenvalue weighted by molar-refractivity contribution is 1.42. The van der Waals surface area contributed by atoms with Crippen molar-refractivity contribution in [1.29, 1.82) is 10.8 Å². The Hall–Kier alpha value is -3.38. The minimum absolute atomic E-state index is 0.0714. The van der Waals surface area contributed by atoms with Crippen LogP contribution in [-0.2, 0) is 0 Å². The Bertz CT molecular complexity index is 1130. The van der Waals surface area contributed by atoms with Gasteiger partial charge in [0, 0.05) is 26.9 Å². The zero-order valence-corrected chi connectivity index (χ0v) is 14.7. The molecule has 0 amide bonds. The van der Waals surface area contributed by atoms with E-state index in [4.69, 9.17) is 22.3 Å². The average molecular weight is 359 g/mol. The number of aromatic amines is 1. The van der Waals surface area contributed by atoms with Crippen molar-refractivity contribution in [3.05, 3.63) is 71.8 Å². The van der Waals surface area contributed by atoms with Crippen LogP contribution in [0.2, 0.25) is 0 Å². The van der Waals surface area contributed by atoms with Crippen LogP contribution < -0.4 is 11.5 Å². The molecular weight excluding hydrogens is 342 g/mol. The molecule has 2 aromatic carbocycles. The molecular formula is C20H17N5S. The number of amidine groups is 2. The maximum absolute atomic E-state index is 7.57. The van der Waals surface area contributed by atoms with Crippen LogP contribution in [0.1, 0.15) is 11.1 Å². The van der Waals surface area contributed by atoms with Crippen molar-refractivity contribution in [2.24, 2.45) is 11.5 Å². The molecule has 0 radical (unpaired) electrons. The van der Waals surface area contributed by atoms with E-state index in [1.807, 2.05) is 42.5 Å². The molecule has 0 unspecified atom stereocenters. The molecule has 0 spiro atoms. The fourth-order valence-corrected chi connectivity index (χ4v) is 3.87. The van der Waals surface area contributed by atoms with Gasteiger partial charge < -0.3 is 16.5 Å². The van der Waals surface area contributed by atoms with E-state index in [9.17, 15) is 0 Å². The number of nitrogens with one attached hydrogen (secondary N) is 3. The minimum atomic E-state index is 0.0714. The Balaban J connectivity index is 1.68. The molecule has 6 heteroatoms. The molecule has 4 aromatic rings. The minimum Gasteiger partial charge on any atom is -0.384 e. The zero-order valence-electron chi connectivity index (χ0n) is 13.8. The van der Waals surface area contributed by atoms with Gasteiger partial charge in [0.15, 0.2) is 0 Å². The summed E-state index contributed by atoms with van der Waals surface area (Å²) < 4.78 is 0. The number of hydrogen-bond donors (Lipinski definition) is 5. The van der Waals surface area contributed by atoms with E-state index in [2.05, 4.69) is 23.2 Å². The summed E-state index contributed by atoms with van der Waals surface area (Å²) in [5.74, 6) is 0.147. The number of H-pyrrole nitrogens is 1. The largest absolute Gasteiger partial charge is 0.384 e. The van der Waals surface area contributed by atoms with Crippen LogP contribution in [0.5, 0.6) is 0 Å². The summed E-state index contributed by atoms with van der Waals surface area (Å²) in [5.41, 5.74) is 15.7. The first-order valence-corrected chi connectivity index (χ1v) is 8.85. The van der Waals surface area contributed by atoms with Gasteiger partial charge in [-0.3, -0.25) is 10.8 Å². The lowest BCUT2D eigenvalue weighted by atomic mass is 10.1. The number of aromatic nitrogens is 1. The van der Waals surface area contributed by atoms with Crippen LogP contribution in [-0.4, -0.2) is 16.7 Å². The third kappa shape index (κ3) is 2.87. The van der Waals surface area contributed by atoms with E-state index in [1.165, 1.54) is 0 Å². The fourth-order valence-electron chi connectivity index (χ4n) is 2.88. The van der Waals surface area contributed by atoms with Gasteiger partial charge >= 0.3 is 0 Å². The molecule has 2 aromatic heterocycles. The maximum atomic E-state index is 7.57. The van der Waals surface area contributed by atoms with Gasteiger partial charge in [-0.05, 0) is 42.0 Å². The van der Waals surface area contributed by atoms with Crippen molar-refractivity contribution in [3.8, 4) is 21.0 Å². The van der Waals surface area contributed by atoms with Crippen molar-refractivity contribution < 1.29 is 0 Å². The van der Waals surface area contributed by atoms with Crippen molar-refractivity contribution >= 4 is 33.9 Å². The van der Waals surface area contributed by atoms with Crippen LogP contribution in [0.25, 0.3) is 31.9 Å². The third-order valence-electron chi connectivity index (χ3n) is 4.28. The summed E-state index contributed by atoms with van der Waals surface area (Å²) in [7, 11) is 0. The Labute approximate surface area is 154 Å². The number of nitrogens with two attached hydrogens (primary N) is 2. The van der Waals surface area contributed by atoms with Crippen LogP contribution in [0, 0.1) is 10.8 Å². The van der Waals surface area contributed by atoms with Crippen LogP contribution in [0.4, 0.5) is 0 Å². The molecule has 7 N–H and O–H groups in total. The molecule has 0 saturated carbocycles. The normalized spacial score (nSPS) is 10.9. The molecule has 128 valence electrons. The van der Waals surface area contributed by atoms with Crippen LogP contribution >= 0.6 is 11.3 Å². The first-order valence-electron chi connectivity index (χ1n) is 8.03. The Kier molecular flexibility index (Phi) is 3.82. The summed E-state index contributed by atoms with van der Waals surface area (Å²) in [5, 5.41) is 16.1. The first-order chi connectivity index (χ1) is 12.5. The molecule has 0 aliphatic carbocycles. The summed E-state index contributed by atoms with van der Waals surface area (Å²) in [6.45, 7) is 0. The number of nitrogen functional groups attached to an aromatic ring is 2. The van der Waals surface area contributed by atoms with Gasteiger partial charge in [-0.2, -0.15) is 0 Å². The van der Waals surface area contributed by atoms with Crippen molar-refractivity contribution in [1.82, 2.24) is 4.98 Å². The number of hydrogen-bond acceptors (Lipinski definition) is 3. The second kappa shape index (κ2) is 6.16. The molecule has 0 saturated heterocycles. The van der Waals surface area contributed by atoms with E-state index in [-0.39, 0.29) is 11.7 Å². The highest BCUT2D eigenvalue weighted by Gasteiger charge is 2.09. The van der Waals surface area contributed by atoms with Gasteiger partial charge in [0.05, 0.1) is 10.6 Å². The first kappa shape index (κ1) is 16.1. The van der Waals surface area contributed by atoms with E-state index >= 15 is 0 Å². The monoisotopic (exact) mass is 359 g/mol. The van der Waals surface area contributed by atoms with E-state index in [0.717, 1.165) is 43.0 Å². The molecule has 0 fully saturated rings. The van der Waals surface area contributed by atoms with Gasteiger partial charge in [0.1, 0.15) is 11.7 Å². The smallest absolute Gasteiger partial charge is 0.122 e. The van der Waals surface area contributed by atoms with Gasteiger partial charge in [-0.25, -0.2) is 0 Å². The lowest BCUT2D eigenvalue weighted by Crippen LogP contribution is -2.10. The SMILES string of the molecule is N=C(N)c1ccc(-c2ccc(-c3cc4cc(C(=N)N)ccc4[nH]3)s2)cc1. The van der Waals surface area contributed by atoms with E-state index < -0.39 is 0 Å². The standard InChI is InChI=1S/C20H17N5S/c21-19(22)12-3-1-11(2-4-12)17-7-8-18(26-17)16-10-14-9-13(20(23)24)5-6-15(14)25-16/h1-10,25H,(H3,21,22)(H3,23,24). The molecule has 0 aliphatic heterocycles. The quantitative estimate of drug-likeness (QED) is 0.278. The number of fused-ring (bicyclic) bond motifs is 1. The predicted molar refractivity (Wildman–Crippen MR) is 109 cm³/mol. The summed E-state index contributed by atoms with van der Waals surface area (Å²) in [6.07, 6.45) is 0. The van der Waals surface area contributed by atoms with Crippen LogP contribution in [0.3, 0.4) is 0 Å². The van der Waals surface area contributed by atoms with Crippen LogP contribution in [0.15, 0.2) is 60.7 Å². The van der Waals surface area contributed by atoms with Crippen molar-refractivity contribution in [2.45, 2.75) is 0 Å². The molecule has 4 rings (SSSR count). The molecule has 5 nitrogen and oxygen atoms in total. The molecule has 26 heavy (non-hydrogen) atoms. The molecule has 0 aliphatic rings. The zero-order chi connectivity index (χ0) is 18.3. The fraction of sp³-hybridized carbons (Fsp3) is 0. The average Bonchev–Trinajstić information content (AvgIpc) is 3.27. The molecule has 0 bridgehead atoms. The number of benzene rings is 2. The van der Waals surface area contributed by atoms with Gasteiger partial charge in [-0.1, -0.05) is 24.3 Å². The van der Waals surface area contributed by atoms with Crippen molar-refractivity contribution in [2.75, 3.05) is 0 Å². The van der Waals surface area contributed by atoms with Gasteiger partial charge in [-0.15, -0.1) is 11.3 Å². The maximum Gasteiger partial charge on any atom is 0.122 e. The number of rotatable bonds is 4. The van der Waals surface area contributed by atoms with Crippen molar-refractivity contribution in [3.63, 3.8) is 0 Å². The second-order valence-electron chi connectivity index (χ2n) is 6.05. The topological polar surface area (TPSA) is 116 Å². The third-order valence-corrected chi connectivity index (χ3v) is 5.45. The molecule has 0 atom stereocenters. The van der Waals surface area contributed by atoms with E-state index in [1.54, 1.807) is 11.3 Å². The molecule has 2 heterocycles. The lowest BCUT2D eigenvalue weighted by Gasteiger charge is -2.00.